The number of ether oxygens (including phenoxy) is 1. The zero-order valence-corrected chi connectivity index (χ0v) is 13.9. The van der Waals surface area contributed by atoms with Crippen molar-refractivity contribution in [2.45, 2.75) is 51.7 Å². The van der Waals surface area contributed by atoms with Crippen molar-refractivity contribution in [2.24, 2.45) is 0 Å². The van der Waals surface area contributed by atoms with Gasteiger partial charge in [-0.1, -0.05) is 6.92 Å². The van der Waals surface area contributed by atoms with Crippen LogP contribution in [0, 0.1) is 0 Å². The molecule has 1 heterocycles. The Morgan fingerprint density at radius 3 is 2.70 bits per heavy atom. The Morgan fingerprint density at radius 1 is 1.40 bits per heavy atom. The van der Waals surface area contributed by atoms with Crippen LogP contribution >= 0.6 is 0 Å². The fraction of sp³-hybridized carbons (Fsp3) is 1.00. The zero-order chi connectivity index (χ0) is 15.2. The van der Waals surface area contributed by atoms with Gasteiger partial charge in [0.1, 0.15) is 0 Å². The minimum absolute atomic E-state index is 0.0417. The molecule has 1 saturated heterocycles. The highest BCUT2D eigenvalue weighted by atomic mass is 32.2. The second-order valence-electron chi connectivity index (χ2n) is 5.95. The van der Waals surface area contributed by atoms with Crippen molar-refractivity contribution in [1.29, 1.82) is 0 Å². The first-order valence-electron chi connectivity index (χ1n) is 7.35. The minimum atomic E-state index is -3.40. The number of hydrogen-bond donors (Lipinski definition) is 2. The molecule has 0 aliphatic carbocycles. The molecule has 1 unspecified atom stereocenters. The molecule has 6 nitrogen and oxygen atoms in total. The predicted molar refractivity (Wildman–Crippen MR) is 80.9 cm³/mol. The molecule has 0 saturated carbocycles. The van der Waals surface area contributed by atoms with Crippen LogP contribution < -0.4 is 10.0 Å². The van der Waals surface area contributed by atoms with Crippen LogP contribution in [-0.2, 0) is 14.9 Å². The van der Waals surface area contributed by atoms with Crippen LogP contribution in [-0.4, -0.2) is 57.7 Å². The van der Waals surface area contributed by atoms with Gasteiger partial charge in [0.2, 0.25) is 0 Å². The first-order chi connectivity index (χ1) is 9.27. The standard InChI is InChI=1S/C13H29N3O3S/c1-5-14-8-6-9-16(4)20(17,18)15-12-7-10-19-13(2,3)11-12/h12,14-15H,5-11H2,1-4H3. The van der Waals surface area contributed by atoms with Crippen LogP contribution in [0.5, 0.6) is 0 Å². The number of nitrogens with zero attached hydrogens (tertiary/aromatic N) is 1. The zero-order valence-electron chi connectivity index (χ0n) is 13.1. The summed E-state index contributed by atoms with van der Waals surface area (Å²) in [5.41, 5.74) is -0.255. The Balaban J connectivity index is 2.43. The van der Waals surface area contributed by atoms with Crippen molar-refractivity contribution in [3.63, 3.8) is 0 Å². The molecule has 7 heteroatoms. The molecule has 20 heavy (non-hydrogen) atoms. The molecule has 2 N–H and O–H groups in total. The van der Waals surface area contributed by atoms with Gasteiger partial charge in [0.25, 0.3) is 10.2 Å². The predicted octanol–water partition coefficient (Wildman–Crippen LogP) is 0.710. The summed E-state index contributed by atoms with van der Waals surface area (Å²) >= 11 is 0. The third-order valence-corrected chi connectivity index (χ3v) is 5.13. The third kappa shape index (κ3) is 6.05. The number of hydrogen-bond acceptors (Lipinski definition) is 4. The molecule has 1 fully saturated rings. The lowest BCUT2D eigenvalue weighted by atomic mass is 9.95. The molecule has 1 atom stereocenters. The van der Waals surface area contributed by atoms with Crippen molar-refractivity contribution < 1.29 is 13.2 Å². The topological polar surface area (TPSA) is 70.7 Å². The molecule has 1 aliphatic heterocycles. The van der Waals surface area contributed by atoms with E-state index < -0.39 is 10.2 Å². The molecular formula is C13H29N3O3S. The average Bonchev–Trinajstić information content (AvgIpc) is 2.32. The second-order valence-corrected chi connectivity index (χ2v) is 7.76. The van der Waals surface area contributed by atoms with Crippen LogP contribution in [0.4, 0.5) is 0 Å². The highest BCUT2D eigenvalue weighted by molar-refractivity contribution is 7.87. The summed E-state index contributed by atoms with van der Waals surface area (Å²) in [6.07, 6.45) is 2.25. The SMILES string of the molecule is CCNCCCN(C)S(=O)(=O)NC1CCOC(C)(C)C1. The van der Waals surface area contributed by atoms with Gasteiger partial charge >= 0.3 is 0 Å². The van der Waals surface area contributed by atoms with Gasteiger partial charge in [-0.2, -0.15) is 17.4 Å². The summed E-state index contributed by atoms with van der Waals surface area (Å²) in [5.74, 6) is 0. The normalized spacial score (nSPS) is 23.1. The fourth-order valence-electron chi connectivity index (χ4n) is 2.36. The van der Waals surface area contributed by atoms with Crippen LogP contribution in [0.15, 0.2) is 0 Å². The highest BCUT2D eigenvalue weighted by Crippen LogP contribution is 2.24. The quantitative estimate of drug-likeness (QED) is 0.648. The number of nitrogens with one attached hydrogen (secondary N) is 2. The second kappa shape index (κ2) is 7.70. The molecule has 120 valence electrons. The lowest BCUT2D eigenvalue weighted by Crippen LogP contribution is -2.49. The van der Waals surface area contributed by atoms with Gasteiger partial charge in [0, 0.05) is 26.2 Å². The van der Waals surface area contributed by atoms with Gasteiger partial charge in [-0.25, -0.2) is 0 Å². The molecule has 0 aromatic heterocycles. The molecular weight excluding hydrogens is 278 g/mol. The van der Waals surface area contributed by atoms with Gasteiger partial charge in [-0.05, 0) is 46.2 Å². The molecule has 1 aliphatic rings. The molecule has 0 radical (unpaired) electrons. The van der Waals surface area contributed by atoms with Crippen LogP contribution in [0.3, 0.4) is 0 Å². The molecule has 0 amide bonds. The summed E-state index contributed by atoms with van der Waals surface area (Å²) in [4.78, 5) is 0. The Kier molecular flexibility index (Phi) is 6.87. The Bertz CT molecular complexity index is 384. The summed E-state index contributed by atoms with van der Waals surface area (Å²) in [6.45, 7) is 8.89. The van der Waals surface area contributed by atoms with E-state index >= 15 is 0 Å². The maximum Gasteiger partial charge on any atom is 0.279 e. The third-order valence-electron chi connectivity index (χ3n) is 3.50. The minimum Gasteiger partial charge on any atom is -0.375 e. The molecule has 1 rings (SSSR count). The van der Waals surface area contributed by atoms with E-state index in [2.05, 4.69) is 10.0 Å². The summed E-state index contributed by atoms with van der Waals surface area (Å²) in [6, 6.07) is -0.0417. The van der Waals surface area contributed by atoms with Crippen molar-refractivity contribution >= 4 is 10.2 Å². The van der Waals surface area contributed by atoms with E-state index in [4.69, 9.17) is 4.74 Å². The van der Waals surface area contributed by atoms with Gasteiger partial charge in [0.05, 0.1) is 5.60 Å². The molecule has 0 aromatic rings. The monoisotopic (exact) mass is 307 g/mol. The van der Waals surface area contributed by atoms with E-state index in [1.165, 1.54) is 4.31 Å². The lowest BCUT2D eigenvalue weighted by molar-refractivity contribution is -0.0600. The maximum atomic E-state index is 12.2. The molecule has 0 spiro atoms. The van der Waals surface area contributed by atoms with E-state index in [1.807, 2.05) is 20.8 Å². The van der Waals surface area contributed by atoms with Crippen molar-refractivity contribution in [2.75, 3.05) is 33.3 Å². The summed E-state index contributed by atoms with van der Waals surface area (Å²) < 4.78 is 34.2. The largest absolute Gasteiger partial charge is 0.375 e. The van der Waals surface area contributed by atoms with E-state index in [-0.39, 0.29) is 11.6 Å². The van der Waals surface area contributed by atoms with Crippen molar-refractivity contribution in [1.82, 2.24) is 14.3 Å². The first kappa shape index (κ1) is 17.8. The van der Waals surface area contributed by atoms with E-state index in [0.29, 0.717) is 19.6 Å². The summed E-state index contributed by atoms with van der Waals surface area (Å²) in [7, 11) is -1.77. The van der Waals surface area contributed by atoms with Crippen molar-refractivity contribution in [3.05, 3.63) is 0 Å². The van der Waals surface area contributed by atoms with Gasteiger partial charge in [-0.3, -0.25) is 0 Å². The van der Waals surface area contributed by atoms with Crippen LogP contribution in [0.2, 0.25) is 0 Å². The smallest absolute Gasteiger partial charge is 0.279 e. The van der Waals surface area contributed by atoms with Gasteiger partial charge in [-0.15, -0.1) is 0 Å². The highest BCUT2D eigenvalue weighted by Gasteiger charge is 2.32. The van der Waals surface area contributed by atoms with Crippen molar-refractivity contribution in [3.8, 4) is 0 Å². The Morgan fingerprint density at radius 2 is 2.10 bits per heavy atom. The van der Waals surface area contributed by atoms with E-state index in [1.54, 1.807) is 7.05 Å². The number of rotatable bonds is 8. The van der Waals surface area contributed by atoms with Gasteiger partial charge in [0.15, 0.2) is 0 Å². The van der Waals surface area contributed by atoms with Crippen LogP contribution in [0.25, 0.3) is 0 Å². The first-order valence-corrected chi connectivity index (χ1v) is 8.79. The van der Waals surface area contributed by atoms with Gasteiger partial charge < -0.3 is 10.1 Å². The van der Waals surface area contributed by atoms with E-state index in [0.717, 1.165) is 25.9 Å². The Labute approximate surface area is 123 Å². The molecule has 0 aromatic carbocycles. The fourth-order valence-corrected chi connectivity index (χ4v) is 3.53. The van der Waals surface area contributed by atoms with E-state index in [9.17, 15) is 8.42 Å². The van der Waals surface area contributed by atoms with Crippen LogP contribution in [0.1, 0.15) is 40.0 Å². The Hall–Kier alpha value is -0.210. The average molecular weight is 307 g/mol. The molecule has 0 bridgehead atoms. The maximum absolute atomic E-state index is 12.2. The lowest BCUT2D eigenvalue weighted by Gasteiger charge is -2.36. The summed E-state index contributed by atoms with van der Waals surface area (Å²) in [5, 5.41) is 3.19.